The lowest BCUT2D eigenvalue weighted by Crippen LogP contribution is -2.28. The lowest BCUT2D eigenvalue weighted by molar-refractivity contribution is -0.126. The van der Waals surface area contributed by atoms with Gasteiger partial charge in [-0.15, -0.1) is 11.3 Å². The van der Waals surface area contributed by atoms with E-state index in [0.29, 0.717) is 13.1 Å². The molecule has 0 N–H and O–H groups in total. The van der Waals surface area contributed by atoms with Gasteiger partial charge in [-0.05, 0) is 37.3 Å². The molecule has 0 fully saturated rings. The van der Waals surface area contributed by atoms with Crippen molar-refractivity contribution in [1.82, 2.24) is 9.88 Å². The summed E-state index contributed by atoms with van der Waals surface area (Å²) in [5, 5.41) is 0. The van der Waals surface area contributed by atoms with Gasteiger partial charge in [-0.25, -0.2) is 0 Å². The summed E-state index contributed by atoms with van der Waals surface area (Å²) < 4.78 is 0.743. The SMILES string of the molecule is CCN(Cc1ccc(Cl)s1)C(=O)/C=C/c1ccccn1. The summed E-state index contributed by atoms with van der Waals surface area (Å²) in [7, 11) is 0. The highest BCUT2D eigenvalue weighted by Gasteiger charge is 2.10. The van der Waals surface area contributed by atoms with E-state index in [1.165, 1.54) is 11.3 Å². The van der Waals surface area contributed by atoms with Crippen LogP contribution in [0.5, 0.6) is 0 Å². The van der Waals surface area contributed by atoms with E-state index in [0.717, 1.165) is 14.9 Å². The van der Waals surface area contributed by atoms with Gasteiger partial charge >= 0.3 is 0 Å². The highest BCUT2D eigenvalue weighted by atomic mass is 35.5. The summed E-state index contributed by atoms with van der Waals surface area (Å²) in [6.45, 7) is 3.20. The van der Waals surface area contributed by atoms with Crippen LogP contribution in [0.15, 0.2) is 42.6 Å². The highest BCUT2D eigenvalue weighted by molar-refractivity contribution is 7.16. The molecule has 2 rings (SSSR count). The Balaban J connectivity index is 2.00. The van der Waals surface area contributed by atoms with Gasteiger partial charge in [-0.1, -0.05) is 17.7 Å². The van der Waals surface area contributed by atoms with E-state index >= 15 is 0 Å². The standard InChI is InChI=1S/C15H15ClN2OS/c1-2-18(11-13-7-8-14(16)20-13)15(19)9-6-12-5-3-4-10-17-12/h3-10H,2,11H2,1H3/b9-6+. The molecule has 0 aliphatic rings. The van der Waals surface area contributed by atoms with E-state index in [9.17, 15) is 4.79 Å². The number of pyridine rings is 1. The molecule has 104 valence electrons. The number of hydrogen-bond donors (Lipinski definition) is 0. The highest BCUT2D eigenvalue weighted by Crippen LogP contribution is 2.22. The van der Waals surface area contributed by atoms with Crippen molar-refractivity contribution in [2.75, 3.05) is 6.54 Å². The van der Waals surface area contributed by atoms with Crippen LogP contribution in [-0.2, 0) is 11.3 Å². The third-order valence-corrected chi connectivity index (χ3v) is 3.97. The van der Waals surface area contributed by atoms with E-state index in [1.54, 1.807) is 23.2 Å². The van der Waals surface area contributed by atoms with Crippen LogP contribution in [0.4, 0.5) is 0 Å². The molecule has 0 bridgehead atoms. The number of rotatable bonds is 5. The average molecular weight is 307 g/mol. The Morgan fingerprint density at radius 2 is 2.25 bits per heavy atom. The van der Waals surface area contributed by atoms with E-state index in [1.807, 2.05) is 37.3 Å². The molecule has 2 aromatic heterocycles. The lowest BCUT2D eigenvalue weighted by atomic mass is 10.3. The number of thiophene rings is 1. The molecule has 0 aliphatic heterocycles. The van der Waals surface area contributed by atoms with Crippen LogP contribution >= 0.6 is 22.9 Å². The Hall–Kier alpha value is -1.65. The molecule has 0 saturated heterocycles. The summed E-state index contributed by atoms with van der Waals surface area (Å²) >= 11 is 7.40. The van der Waals surface area contributed by atoms with E-state index in [2.05, 4.69) is 4.98 Å². The van der Waals surface area contributed by atoms with E-state index in [-0.39, 0.29) is 5.91 Å². The normalized spacial score (nSPS) is 10.9. The van der Waals surface area contributed by atoms with Crippen LogP contribution in [-0.4, -0.2) is 22.3 Å². The van der Waals surface area contributed by atoms with Crippen LogP contribution in [0.25, 0.3) is 6.08 Å². The Bertz CT molecular complexity index is 595. The molecule has 0 saturated carbocycles. The Labute approximate surface area is 127 Å². The maximum Gasteiger partial charge on any atom is 0.246 e. The van der Waals surface area contributed by atoms with Gasteiger partial charge < -0.3 is 4.90 Å². The second-order valence-corrected chi connectivity index (χ2v) is 5.95. The van der Waals surface area contributed by atoms with Gasteiger partial charge in [0.25, 0.3) is 0 Å². The number of aromatic nitrogens is 1. The van der Waals surface area contributed by atoms with Crippen LogP contribution in [0.2, 0.25) is 4.34 Å². The van der Waals surface area contributed by atoms with Gasteiger partial charge in [0.2, 0.25) is 5.91 Å². The number of hydrogen-bond acceptors (Lipinski definition) is 3. The molecule has 5 heteroatoms. The third-order valence-electron chi connectivity index (χ3n) is 2.75. The Morgan fingerprint density at radius 3 is 2.85 bits per heavy atom. The fourth-order valence-corrected chi connectivity index (χ4v) is 2.81. The lowest BCUT2D eigenvalue weighted by Gasteiger charge is -2.18. The van der Waals surface area contributed by atoms with Gasteiger partial charge in [-0.2, -0.15) is 0 Å². The second-order valence-electron chi connectivity index (χ2n) is 4.15. The molecule has 0 radical (unpaired) electrons. The molecule has 0 atom stereocenters. The smallest absolute Gasteiger partial charge is 0.246 e. The van der Waals surface area contributed by atoms with Crippen molar-refractivity contribution in [1.29, 1.82) is 0 Å². The predicted molar refractivity (Wildman–Crippen MR) is 83.7 cm³/mol. The first-order chi connectivity index (χ1) is 9.69. The zero-order valence-corrected chi connectivity index (χ0v) is 12.7. The first kappa shape index (κ1) is 14.8. The largest absolute Gasteiger partial charge is 0.334 e. The molecule has 3 nitrogen and oxygen atoms in total. The van der Waals surface area contributed by atoms with Crippen molar-refractivity contribution < 1.29 is 4.79 Å². The van der Waals surface area contributed by atoms with Gasteiger partial charge in [0.15, 0.2) is 0 Å². The van der Waals surface area contributed by atoms with Crippen LogP contribution in [0.3, 0.4) is 0 Å². The molecule has 0 aliphatic carbocycles. The van der Waals surface area contributed by atoms with Crippen LogP contribution in [0, 0.1) is 0 Å². The zero-order valence-electron chi connectivity index (χ0n) is 11.1. The maximum atomic E-state index is 12.1. The minimum Gasteiger partial charge on any atom is -0.334 e. The number of amides is 1. The Kier molecular flexibility index (Phi) is 5.32. The first-order valence-electron chi connectivity index (χ1n) is 6.31. The molecule has 20 heavy (non-hydrogen) atoms. The summed E-state index contributed by atoms with van der Waals surface area (Å²) in [5.74, 6) is -0.0253. The quantitative estimate of drug-likeness (QED) is 0.786. The van der Waals surface area contributed by atoms with E-state index < -0.39 is 0 Å². The van der Waals surface area contributed by atoms with Crippen molar-refractivity contribution in [3.63, 3.8) is 0 Å². The Morgan fingerprint density at radius 1 is 1.40 bits per heavy atom. The summed E-state index contributed by atoms with van der Waals surface area (Å²) in [4.78, 5) is 19.1. The van der Waals surface area contributed by atoms with Crippen molar-refractivity contribution in [3.05, 3.63) is 57.5 Å². The van der Waals surface area contributed by atoms with Crippen LogP contribution in [0.1, 0.15) is 17.5 Å². The fraction of sp³-hybridized carbons (Fsp3) is 0.200. The van der Waals surface area contributed by atoms with Crippen molar-refractivity contribution in [2.24, 2.45) is 0 Å². The number of carbonyl (C=O) groups excluding carboxylic acids is 1. The topological polar surface area (TPSA) is 33.2 Å². The zero-order chi connectivity index (χ0) is 14.4. The monoisotopic (exact) mass is 306 g/mol. The minimum atomic E-state index is -0.0253. The number of halogens is 1. The van der Waals surface area contributed by atoms with Crippen LogP contribution < -0.4 is 0 Å². The molecule has 2 heterocycles. The average Bonchev–Trinajstić information content (AvgIpc) is 2.88. The third kappa shape index (κ3) is 4.18. The molecule has 0 unspecified atom stereocenters. The molecular weight excluding hydrogens is 292 g/mol. The molecule has 1 amide bonds. The predicted octanol–water partition coefficient (Wildman–Crippen LogP) is 3.86. The minimum absolute atomic E-state index is 0.0253. The van der Waals surface area contributed by atoms with Crippen molar-refractivity contribution >= 4 is 34.9 Å². The van der Waals surface area contributed by atoms with Gasteiger partial charge in [0.1, 0.15) is 0 Å². The first-order valence-corrected chi connectivity index (χ1v) is 7.50. The van der Waals surface area contributed by atoms with Crippen molar-refractivity contribution in [3.8, 4) is 0 Å². The summed E-state index contributed by atoms with van der Waals surface area (Å²) in [5.41, 5.74) is 0.774. The molecule has 2 aromatic rings. The van der Waals surface area contributed by atoms with Gasteiger partial charge in [0, 0.05) is 23.7 Å². The summed E-state index contributed by atoms with van der Waals surface area (Å²) in [6, 6.07) is 9.40. The molecule has 0 aromatic carbocycles. The van der Waals surface area contributed by atoms with Crippen molar-refractivity contribution in [2.45, 2.75) is 13.5 Å². The maximum absolute atomic E-state index is 12.1. The number of nitrogens with zero attached hydrogens (tertiary/aromatic N) is 2. The fourth-order valence-electron chi connectivity index (χ4n) is 1.71. The molecular formula is C15H15ClN2OS. The van der Waals surface area contributed by atoms with E-state index in [4.69, 9.17) is 11.6 Å². The molecule has 0 spiro atoms. The number of carbonyl (C=O) groups is 1. The summed E-state index contributed by atoms with van der Waals surface area (Å²) in [6.07, 6.45) is 4.99. The number of likely N-dealkylation sites (N-methyl/N-ethyl adjacent to an activating group) is 1. The van der Waals surface area contributed by atoms with Gasteiger partial charge in [0.05, 0.1) is 16.6 Å². The van der Waals surface area contributed by atoms with Gasteiger partial charge in [-0.3, -0.25) is 9.78 Å². The second kappa shape index (κ2) is 7.22.